The first kappa shape index (κ1) is 9.65. The molecule has 0 saturated carbocycles. The van der Waals surface area contributed by atoms with Crippen LogP contribution >= 0.6 is 0 Å². The Labute approximate surface area is 79.1 Å². The Morgan fingerprint density at radius 2 is 2.15 bits per heavy atom. The summed E-state index contributed by atoms with van der Waals surface area (Å²) in [6, 6.07) is 5.53. The lowest BCUT2D eigenvalue weighted by Crippen LogP contribution is -2.10. The van der Waals surface area contributed by atoms with E-state index in [1.54, 1.807) is 12.1 Å². The summed E-state index contributed by atoms with van der Waals surface area (Å²) in [4.78, 5) is 1.98. The second-order valence-corrected chi connectivity index (χ2v) is 3.16. The van der Waals surface area contributed by atoms with Crippen molar-refractivity contribution in [3.63, 3.8) is 0 Å². The van der Waals surface area contributed by atoms with Crippen molar-refractivity contribution >= 4 is 5.69 Å². The lowest BCUT2D eigenvalue weighted by atomic mass is 10.1. The maximum Gasteiger partial charge on any atom is 0.121 e. The first-order chi connectivity index (χ1) is 6.16. The van der Waals surface area contributed by atoms with Gasteiger partial charge in [-0.3, -0.25) is 0 Å². The van der Waals surface area contributed by atoms with Crippen molar-refractivity contribution in [1.82, 2.24) is 0 Å². The van der Waals surface area contributed by atoms with Crippen LogP contribution in [0.1, 0.15) is 5.56 Å². The first-order valence-electron chi connectivity index (χ1n) is 4.26. The number of hydrogen-bond donors (Lipinski definition) is 1. The van der Waals surface area contributed by atoms with E-state index in [1.807, 2.05) is 31.1 Å². The SMILES string of the molecule is C=CCc1c(O)cccc1N(C)C. The summed E-state index contributed by atoms with van der Waals surface area (Å²) in [6.07, 6.45) is 2.49. The molecule has 70 valence electrons. The molecule has 0 unspecified atom stereocenters. The average molecular weight is 177 g/mol. The molecule has 0 fully saturated rings. The zero-order valence-corrected chi connectivity index (χ0v) is 8.12. The van der Waals surface area contributed by atoms with Crippen LogP contribution in [0.5, 0.6) is 5.75 Å². The maximum absolute atomic E-state index is 9.60. The van der Waals surface area contributed by atoms with E-state index in [0.29, 0.717) is 12.2 Å². The average Bonchev–Trinajstić information content (AvgIpc) is 2.08. The van der Waals surface area contributed by atoms with Crippen molar-refractivity contribution in [2.24, 2.45) is 0 Å². The van der Waals surface area contributed by atoms with Gasteiger partial charge in [-0.25, -0.2) is 0 Å². The van der Waals surface area contributed by atoms with Crippen LogP contribution in [0, 0.1) is 0 Å². The molecule has 0 radical (unpaired) electrons. The molecule has 0 aliphatic heterocycles. The number of phenolic OH excluding ortho intramolecular Hbond substituents is 1. The van der Waals surface area contributed by atoms with Crippen molar-refractivity contribution < 1.29 is 5.11 Å². The molecule has 0 saturated heterocycles. The zero-order chi connectivity index (χ0) is 9.84. The number of anilines is 1. The topological polar surface area (TPSA) is 23.5 Å². The van der Waals surface area contributed by atoms with Gasteiger partial charge in [0.25, 0.3) is 0 Å². The van der Waals surface area contributed by atoms with Crippen LogP contribution in [0.25, 0.3) is 0 Å². The molecule has 2 nitrogen and oxygen atoms in total. The largest absolute Gasteiger partial charge is 0.508 e. The van der Waals surface area contributed by atoms with Gasteiger partial charge in [0.05, 0.1) is 0 Å². The van der Waals surface area contributed by atoms with Crippen LogP contribution in [0.3, 0.4) is 0 Å². The fourth-order valence-corrected chi connectivity index (χ4v) is 1.34. The van der Waals surface area contributed by atoms with Crippen molar-refractivity contribution in [3.8, 4) is 5.75 Å². The van der Waals surface area contributed by atoms with Gasteiger partial charge < -0.3 is 10.0 Å². The van der Waals surface area contributed by atoms with Crippen LogP contribution < -0.4 is 4.90 Å². The standard InChI is InChI=1S/C11H15NO/c1-4-6-9-10(12(2)3)7-5-8-11(9)13/h4-5,7-8,13H,1,6H2,2-3H3. The normalized spacial score (nSPS) is 9.69. The molecule has 0 atom stereocenters. The number of allylic oxidation sites excluding steroid dienone is 1. The molecule has 0 aromatic heterocycles. The summed E-state index contributed by atoms with van der Waals surface area (Å²) < 4.78 is 0. The van der Waals surface area contributed by atoms with Gasteiger partial charge in [0.1, 0.15) is 5.75 Å². The fourth-order valence-electron chi connectivity index (χ4n) is 1.34. The number of hydrogen-bond acceptors (Lipinski definition) is 2. The lowest BCUT2D eigenvalue weighted by molar-refractivity contribution is 0.470. The number of nitrogens with zero attached hydrogens (tertiary/aromatic N) is 1. The molecule has 1 N–H and O–H groups in total. The van der Waals surface area contributed by atoms with Crippen molar-refractivity contribution in [1.29, 1.82) is 0 Å². The van der Waals surface area contributed by atoms with Gasteiger partial charge in [0.15, 0.2) is 0 Å². The maximum atomic E-state index is 9.60. The van der Waals surface area contributed by atoms with E-state index in [2.05, 4.69) is 6.58 Å². The lowest BCUT2D eigenvalue weighted by Gasteiger charge is -2.17. The van der Waals surface area contributed by atoms with Gasteiger partial charge in [-0.15, -0.1) is 6.58 Å². The van der Waals surface area contributed by atoms with Crippen molar-refractivity contribution in [2.45, 2.75) is 6.42 Å². The second kappa shape index (κ2) is 3.99. The number of phenols is 1. The van der Waals surface area contributed by atoms with Gasteiger partial charge in [0.2, 0.25) is 0 Å². The molecule has 0 heterocycles. The van der Waals surface area contributed by atoms with E-state index in [0.717, 1.165) is 11.3 Å². The minimum atomic E-state index is 0.339. The summed E-state index contributed by atoms with van der Waals surface area (Å²) in [5.41, 5.74) is 1.97. The molecule has 0 bridgehead atoms. The Kier molecular flexibility index (Phi) is 2.96. The smallest absolute Gasteiger partial charge is 0.121 e. The van der Waals surface area contributed by atoms with Gasteiger partial charge in [-0.2, -0.15) is 0 Å². The molecular weight excluding hydrogens is 162 g/mol. The minimum absolute atomic E-state index is 0.339. The van der Waals surface area contributed by atoms with Crippen LogP contribution in [0.15, 0.2) is 30.9 Å². The predicted octanol–water partition coefficient (Wildman–Crippen LogP) is 2.19. The monoisotopic (exact) mass is 177 g/mol. The highest BCUT2D eigenvalue weighted by Gasteiger charge is 2.06. The van der Waals surface area contributed by atoms with E-state index in [-0.39, 0.29) is 0 Å². The number of benzene rings is 1. The van der Waals surface area contributed by atoms with E-state index in [1.165, 1.54) is 0 Å². The third-order valence-electron chi connectivity index (χ3n) is 1.96. The highest BCUT2D eigenvalue weighted by Crippen LogP contribution is 2.27. The summed E-state index contributed by atoms with van der Waals surface area (Å²) in [5.74, 6) is 0.339. The summed E-state index contributed by atoms with van der Waals surface area (Å²) >= 11 is 0. The Morgan fingerprint density at radius 1 is 1.46 bits per heavy atom. The second-order valence-electron chi connectivity index (χ2n) is 3.16. The van der Waals surface area contributed by atoms with Crippen LogP contribution in [-0.2, 0) is 6.42 Å². The molecule has 2 heteroatoms. The van der Waals surface area contributed by atoms with Gasteiger partial charge >= 0.3 is 0 Å². The minimum Gasteiger partial charge on any atom is -0.508 e. The highest BCUT2D eigenvalue weighted by atomic mass is 16.3. The van der Waals surface area contributed by atoms with E-state index in [4.69, 9.17) is 0 Å². The Balaban J connectivity index is 3.16. The Morgan fingerprint density at radius 3 is 2.69 bits per heavy atom. The van der Waals surface area contributed by atoms with Gasteiger partial charge in [-0.1, -0.05) is 12.1 Å². The fraction of sp³-hybridized carbons (Fsp3) is 0.273. The van der Waals surface area contributed by atoms with E-state index in [9.17, 15) is 5.11 Å². The molecule has 1 rings (SSSR count). The van der Waals surface area contributed by atoms with Crippen LogP contribution in [-0.4, -0.2) is 19.2 Å². The molecule has 0 amide bonds. The number of aromatic hydroxyl groups is 1. The highest BCUT2D eigenvalue weighted by molar-refractivity contribution is 5.58. The van der Waals surface area contributed by atoms with Crippen molar-refractivity contribution in [2.75, 3.05) is 19.0 Å². The van der Waals surface area contributed by atoms with Gasteiger partial charge in [-0.05, 0) is 18.6 Å². The first-order valence-corrected chi connectivity index (χ1v) is 4.26. The van der Waals surface area contributed by atoms with Crippen LogP contribution in [0.2, 0.25) is 0 Å². The molecule has 1 aromatic carbocycles. The molecule has 1 aromatic rings. The third kappa shape index (κ3) is 2.02. The Hall–Kier alpha value is -1.44. The third-order valence-corrected chi connectivity index (χ3v) is 1.96. The molecule has 0 aliphatic carbocycles. The van der Waals surface area contributed by atoms with Crippen LogP contribution in [0.4, 0.5) is 5.69 Å². The number of rotatable bonds is 3. The summed E-state index contributed by atoms with van der Waals surface area (Å²) in [6.45, 7) is 3.67. The zero-order valence-electron chi connectivity index (χ0n) is 8.12. The quantitative estimate of drug-likeness (QED) is 0.715. The summed E-state index contributed by atoms with van der Waals surface area (Å²) in [5, 5.41) is 9.60. The summed E-state index contributed by atoms with van der Waals surface area (Å²) in [7, 11) is 3.92. The molecular formula is C11H15NO. The van der Waals surface area contributed by atoms with Gasteiger partial charge in [0, 0.05) is 25.3 Å². The van der Waals surface area contributed by atoms with E-state index < -0.39 is 0 Å². The van der Waals surface area contributed by atoms with E-state index >= 15 is 0 Å². The molecule has 13 heavy (non-hydrogen) atoms. The molecule has 0 aliphatic rings. The van der Waals surface area contributed by atoms with Crippen molar-refractivity contribution in [3.05, 3.63) is 36.4 Å². The molecule has 0 spiro atoms. The Bertz CT molecular complexity index is 305. The predicted molar refractivity (Wildman–Crippen MR) is 56.3 cm³/mol.